The zero-order valence-corrected chi connectivity index (χ0v) is 15.4. The van der Waals surface area contributed by atoms with Crippen molar-refractivity contribution in [3.8, 4) is 0 Å². The minimum atomic E-state index is -0.635. The number of hydrogen-bond acceptors (Lipinski definition) is 5. The van der Waals surface area contributed by atoms with Gasteiger partial charge in [-0.05, 0) is 51.6 Å². The molecule has 0 unspecified atom stereocenters. The van der Waals surface area contributed by atoms with Crippen molar-refractivity contribution in [1.82, 2.24) is 20.2 Å². The third-order valence-electron chi connectivity index (χ3n) is 5.27. The second kappa shape index (κ2) is 7.89. The average Bonchev–Trinajstić information content (AvgIpc) is 3.02. The largest absolute Gasteiger partial charge is 0.368 e. The number of aromatic nitrogens is 2. The van der Waals surface area contributed by atoms with Gasteiger partial charge in [0.1, 0.15) is 5.60 Å². The van der Waals surface area contributed by atoms with Gasteiger partial charge in [-0.15, -0.1) is 0 Å². The summed E-state index contributed by atoms with van der Waals surface area (Å²) >= 11 is 1.86. The molecule has 0 aromatic carbocycles. The van der Waals surface area contributed by atoms with Gasteiger partial charge in [-0.3, -0.25) is 4.79 Å². The van der Waals surface area contributed by atoms with Crippen molar-refractivity contribution in [2.24, 2.45) is 7.05 Å². The van der Waals surface area contributed by atoms with Crippen LogP contribution >= 0.6 is 11.8 Å². The van der Waals surface area contributed by atoms with E-state index < -0.39 is 5.60 Å². The van der Waals surface area contributed by atoms with Crippen molar-refractivity contribution in [3.63, 3.8) is 0 Å². The Labute approximate surface area is 148 Å². The van der Waals surface area contributed by atoms with Crippen molar-refractivity contribution in [2.45, 2.75) is 60.6 Å². The first-order chi connectivity index (χ1) is 11.6. The van der Waals surface area contributed by atoms with Crippen LogP contribution < -0.4 is 10.6 Å². The Morgan fingerprint density at radius 1 is 1.38 bits per heavy atom. The maximum absolute atomic E-state index is 12.7. The fourth-order valence-corrected chi connectivity index (χ4v) is 4.77. The summed E-state index contributed by atoms with van der Waals surface area (Å²) in [5.41, 5.74) is -0.635. The number of rotatable bonds is 5. The van der Waals surface area contributed by atoms with Crippen LogP contribution in [-0.2, 0) is 16.6 Å². The number of carbonyl (C=O) groups is 1. The maximum Gasteiger partial charge on any atom is 0.252 e. The normalized spacial score (nSPS) is 26.9. The third kappa shape index (κ3) is 3.95. The molecule has 6 nitrogen and oxygen atoms in total. The Kier molecular flexibility index (Phi) is 5.84. The van der Waals surface area contributed by atoms with Gasteiger partial charge in [-0.25, -0.2) is 4.98 Å². The van der Waals surface area contributed by atoms with E-state index in [2.05, 4.69) is 20.2 Å². The molecule has 0 radical (unpaired) electrons. The summed E-state index contributed by atoms with van der Waals surface area (Å²) in [6, 6.07) is 0.276. The summed E-state index contributed by atoms with van der Waals surface area (Å²) in [5.74, 6) is 0.0757. The first kappa shape index (κ1) is 17.8. The van der Waals surface area contributed by atoms with Gasteiger partial charge in [0.15, 0.2) is 5.16 Å². The van der Waals surface area contributed by atoms with Crippen LogP contribution in [0.25, 0.3) is 0 Å². The maximum atomic E-state index is 12.7. The molecular formula is C17H28N4O2S. The van der Waals surface area contributed by atoms with Crippen LogP contribution in [0, 0.1) is 0 Å². The third-order valence-corrected chi connectivity index (χ3v) is 6.68. The van der Waals surface area contributed by atoms with Crippen LogP contribution in [0.2, 0.25) is 0 Å². The summed E-state index contributed by atoms with van der Waals surface area (Å²) in [4.78, 5) is 17.1. The Hall–Kier alpha value is -1.05. The number of nitrogens with one attached hydrogen (secondary N) is 2. The lowest BCUT2D eigenvalue weighted by Crippen LogP contribution is -2.56. The van der Waals surface area contributed by atoms with E-state index in [9.17, 15) is 4.79 Å². The van der Waals surface area contributed by atoms with Crippen molar-refractivity contribution in [2.75, 3.05) is 20.2 Å². The highest BCUT2D eigenvalue weighted by Crippen LogP contribution is 2.33. The number of amides is 1. The zero-order chi connectivity index (χ0) is 17.0. The van der Waals surface area contributed by atoms with Gasteiger partial charge in [0.05, 0.1) is 0 Å². The fourth-order valence-electron chi connectivity index (χ4n) is 3.61. The van der Waals surface area contributed by atoms with Gasteiger partial charge in [0.25, 0.3) is 5.91 Å². The van der Waals surface area contributed by atoms with Crippen molar-refractivity contribution < 1.29 is 9.53 Å². The molecule has 1 saturated carbocycles. The van der Waals surface area contributed by atoms with Crippen molar-refractivity contribution in [3.05, 3.63) is 12.4 Å². The molecule has 2 heterocycles. The Bertz CT molecular complexity index is 549. The number of hydrogen-bond donors (Lipinski definition) is 2. The molecule has 134 valence electrons. The lowest BCUT2D eigenvalue weighted by atomic mass is 9.89. The fraction of sp³-hybridized carbons (Fsp3) is 0.765. The zero-order valence-electron chi connectivity index (χ0n) is 14.6. The number of ether oxygens (including phenoxy) is 1. The minimum Gasteiger partial charge on any atom is -0.368 e. The smallest absolute Gasteiger partial charge is 0.252 e. The molecule has 1 aliphatic heterocycles. The molecule has 1 aromatic rings. The molecule has 0 atom stereocenters. The van der Waals surface area contributed by atoms with E-state index in [4.69, 9.17) is 4.74 Å². The standard InChI is InChI=1S/C17H28N4O2S/c1-21-12-11-19-16(21)24-14-5-3-13(4-6-14)20-15(22)17(23-2)7-9-18-10-8-17/h11-14,18H,3-10H2,1-2H3,(H,20,22). The molecule has 2 fully saturated rings. The Morgan fingerprint density at radius 3 is 2.67 bits per heavy atom. The number of thioether (sulfide) groups is 1. The predicted octanol–water partition coefficient (Wildman–Crippen LogP) is 1.71. The van der Waals surface area contributed by atoms with Crippen LogP contribution in [0.4, 0.5) is 0 Å². The molecule has 3 rings (SSSR count). The van der Waals surface area contributed by atoms with Gasteiger partial charge < -0.3 is 19.9 Å². The molecule has 1 aliphatic carbocycles. The van der Waals surface area contributed by atoms with Gasteiger partial charge in [-0.2, -0.15) is 0 Å². The topological polar surface area (TPSA) is 68.2 Å². The molecule has 0 bridgehead atoms. The summed E-state index contributed by atoms with van der Waals surface area (Å²) in [6.07, 6.45) is 9.62. The molecular weight excluding hydrogens is 324 g/mol. The molecule has 2 aliphatic rings. The first-order valence-corrected chi connectivity index (χ1v) is 9.72. The molecule has 24 heavy (non-hydrogen) atoms. The number of nitrogens with zero attached hydrogens (tertiary/aromatic N) is 2. The van der Waals surface area contributed by atoms with E-state index in [-0.39, 0.29) is 11.9 Å². The van der Waals surface area contributed by atoms with E-state index in [0.717, 1.165) is 56.8 Å². The predicted molar refractivity (Wildman–Crippen MR) is 95.1 cm³/mol. The number of carbonyl (C=O) groups excluding carboxylic acids is 1. The minimum absolute atomic E-state index is 0.0757. The second-order valence-electron chi connectivity index (χ2n) is 6.83. The van der Waals surface area contributed by atoms with Crippen LogP contribution in [0.3, 0.4) is 0 Å². The summed E-state index contributed by atoms with van der Waals surface area (Å²) in [7, 11) is 3.69. The Balaban J connectivity index is 1.48. The number of imidazole rings is 1. The lowest BCUT2D eigenvalue weighted by molar-refractivity contribution is -0.147. The van der Waals surface area contributed by atoms with Crippen LogP contribution in [0.15, 0.2) is 17.6 Å². The summed E-state index contributed by atoms with van der Waals surface area (Å²) in [6.45, 7) is 1.68. The van der Waals surface area contributed by atoms with Crippen LogP contribution in [-0.4, -0.2) is 52.6 Å². The average molecular weight is 353 g/mol. The molecule has 1 aromatic heterocycles. The van der Waals surface area contributed by atoms with E-state index in [1.54, 1.807) is 7.11 Å². The quantitative estimate of drug-likeness (QED) is 0.844. The SMILES string of the molecule is COC1(C(=O)NC2CCC(Sc3nccn3C)CC2)CCNCC1. The van der Waals surface area contributed by atoms with Gasteiger partial charge in [0.2, 0.25) is 0 Å². The van der Waals surface area contributed by atoms with E-state index >= 15 is 0 Å². The lowest BCUT2D eigenvalue weighted by Gasteiger charge is -2.37. The summed E-state index contributed by atoms with van der Waals surface area (Å²) in [5, 5.41) is 8.21. The highest BCUT2D eigenvalue weighted by molar-refractivity contribution is 7.99. The molecule has 7 heteroatoms. The molecule has 1 saturated heterocycles. The molecule has 0 spiro atoms. The number of methoxy groups -OCH3 is 1. The van der Waals surface area contributed by atoms with E-state index in [0.29, 0.717) is 5.25 Å². The van der Waals surface area contributed by atoms with Gasteiger partial charge in [-0.1, -0.05) is 11.8 Å². The monoisotopic (exact) mass is 352 g/mol. The number of aryl methyl sites for hydroxylation is 1. The van der Waals surface area contributed by atoms with Gasteiger partial charge in [0, 0.05) is 37.8 Å². The first-order valence-electron chi connectivity index (χ1n) is 8.84. The highest BCUT2D eigenvalue weighted by Gasteiger charge is 2.40. The van der Waals surface area contributed by atoms with Crippen molar-refractivity contribution >= 4 is 17.7 Å². The second-order valence-corrected chi connectivity index (χ2v) is 8.10. The van der Waals surface area contributed by atoms with Crippen LogP contribution in [0.1, 0.15) is 38.5 Å². The van der Waals surface area contributed by atoms with E-state index in [1.165, 1.54) is 0 Å². The van der Waals surface area contributed by atoms with Crippen molar-refractivity contribution in [1.29, 1.82) is 0 Å². The van der Waals surface area contributed by atoms with Crippen LogP contribution in [0.5, 0.6) is 0 Å². The summed E-state index contributed by atoms with van der Waals surface area (Å²) < 4.78 is 7.69. The molecule has 2 N–H and O–H groups in total. The number of piperidine rings is 1. The molecule has 1 amide bonds. The highest BCUT2D eigenvalue weighted by atomic mass is 32.2. The van der Waals surface area contributed by atoms with Gasteiger partial charge >= 0.3 is 0 Å². The van der Waals surface area contributed by atoms with E-state index in [1.807, 2.05) is 31.2 Å². The Morgan fingerprint density at radius 2 is 2.08 bits per heavy atom.